The van der Waals surface area contributed by atoms with Gasteiger partial charge in [0.15, 0.2) is 0 Å². The predicted octanol–water partition coefficient (Wildman–Crippen LogP) is 5.63. The van der Waals surface area contributed by atoms with Crippen LogP contribution >= 0.6 is 0 Å². The molecule has 2 aromatic carbocycles. The summed E-state index contributed by atoms with van der Waals surface area (Å²) in [7, 11) is 0. The summed E-state index contributed by atoms with van der Waals surface area (Å²) in [6, 6.07) is 14.6. The van der Waals surface area contributed by atoms with Crippen molar-refractivity contribution in [3.8, 4) is 0 Å². The van der Waals surface area contributed by atoms with Crippen molar-refractivity contribution in [2.75, 3.05) is 0 Å². The Bertz CT molecular complexity index is 752. The predicted molar refractivity (Wildman–Crippen MR) is 99.4 cm³/mol. The van der Waals surface area contributed by atoms with E-state index in [0.29, 0.717) is 12.3 Å². The Labute approximate surface area is 157 Å². The molecule has 144 valence electrons. The monoisotopic (exact) mass is 375 g/mol. The molecule has 1 atom stereocenters. The first-order valence-corrected chi connectivity index (χ1v) is 9.46. The second-order valence-electron chi connectivity index (χ2n) is 7.21. The van der Waals surface area contributed by atoms with Crippen LogP contribution < -0.4 is 5.32 Å². The fourth-order valence-electron chi connectivity index (χ4n) is 3.91. The van der Waals surface area contributed by atoms with E-state index in [-0.39, 0.29) is 11.6 Å². The highest BCUT2D eigenvalue weighted by atomic mass is 19.4. The zero-order valence-electron chi connectivity index (χ0n) is 15.1. The van der Waals surface area contributed by atoms with Crippen molar-refractivity contribution < 1.29 is 18.0 Å². The maximum Gasteiger partial charge on any atom is 0.417 e. The molecule has 2 aromatic rings. The largest absolute Gasteiger partial charge is 0.417 e. The van der Waals surface area contributed by atoms with Crippen LogP contribution in [0.2, 0.25) is 0 Å². The number of halogens is 3. The van der Waals surface area contributed by atoms with E-state index in [2.05, 4.69) is 5.32 Å². The summed E-state index contributed by atoms with van der Waals surface area (Å²) in [5, 5.41) is 2.93. The van der Waals surface area contributed by atoms with Gasteiger partial charge in [0.25, 0.3) is 5.91 Å². The molecule has 0 bridgehead atoms. The molecular weight excluding hydrogens is 351 g/mol. The maximum atomic E-state index is 13.3. The normalized spacial score (nSPS) is 16.7. The topological polar surface area (TPSA) is 29.1 Å². The molecule has 0 radical (unpaired) electrons. The second kappa shape index (κ2) is 8.59. The molecule has 1 unspecified atom stereocenters. The van der Waals surface area contributed by atoms with Gasteiger partial charge in [0.05, 0.1) is 11.1 Å². The van der Waals surface area contributed by atoms with Gasteiger partial charge in [-0.2, -0.15) is 13.2 Å². The van der Waals surface area contributed by atoms with Crippen LogP contribution in [0, 0.1) is 5.92 Å². The Kier molecular flexibility index (Phi) is 6.19. The summed E-state index contributed by atoms with van der Waals surface area (Å²) < 4.78 is 39.8. The van der Waals surface area contributed by atoms with Crippen LogP contribution in [0.5, 0.6) is 0 Å². The lowest BCUT2D eigenvalue weighted by Gasteiger charge is -2.31. The van der Waals surface area contributed by atoms with E-state index in [0.717, 1.165) is 37.3 Å². The molecular formula is C22H24F3NO. The first-order chi connectivity index (χ1) is 12.9. The van der Waals surface area contributed by atoms with Crippen molar-refractivity contribution in [3.05, 3.63) is 71.3 Å². The molecule has 27 heavy (non-hydrogen) atoms. The maximum absolute atomic E-state index is 13.3. The summed E-state index contributed by atoms with van der Waals surface area (Å²) in [5.74, 6) is -0.351. The van der Waals surface area contributed by atoms with Crippen LogP contribution in [0.15, 0.2) is 54.6 Å². The van der Waals surface area contributed by atoms with Crippen LogP contribution in [0.1, 0.15) is 53.6 Å². The number of amides is 1. The molecule has 1 saturated carbocycles. The minimum absolute atomic E-state index is 0.165. The van der Waals surface area contributed by atoms with Crippen LogP contribution in [0.4, 0.5) is 13.2 Å². The Balaban J connectivity index is 1.82. The minimum atomic E-state index is -4.55. The number of carbonyl (C=O) groups is 1. The van der Waals surface area contributed by atoms with Crippen molar-refractivity contribution in [3.63, 3.8) is 0 Å². The van der Waals surface area contributed by atoms with E-state index in [9.17, 15) is 18.0 Å². The average molecular weight is 375 g/mol. The SMILES string of the molecule is O=C(NC(Cc1ccccc1)C1CCCCC1)c1ccccc1C(F)(F)F. The molecule has 5 heteroatoms. The van der Waals surface area contributed by atoms with E-state index >= 15 is 0 Å². The smallest absolute Gasteiger partial charge is 0.349 e. The van der Waals surface area contributed by atoms with Crippen molar-refractivity contribution in [1.29, 1.82) is 0 Å². The number of carbonyl (C=O) groups excluding carboxylic acids is 1. The first kappa shape index (κ1) is 19.5. The third kappa shape index (κ3) is 5.12. The fourth-order valence-corrected chi connectivity index (χ4v) is 3.91. The van der Waals surface area contributed by atoms with E-state index in [4.69, 9.17) is 0 Å². The third-order valence-corrected chi connectivity index (χ3v) is 5.31. The van der Waals surface area contributed by atoms with Crippen molar-refractivity contribution >= 4 is 5.91 Å². The summed E-state index contributed by atoms with van der Waals surface area (Å²) in [6.45, 7) is 0. The lowest BCUT2D eigenvalue weighted by atomic mass is 9.81. The summed E-state index contributed by atoms with van der Waals surface area (Å²) in [4.78, 5) is 12.7. The van der Waals surface area contributed by atoms with Gasteiger partial charge in [0.2, 0.25) is 0 Å². The summed E-state index contributed by atoms with van der Waals surface area (Å²) in [6.07, 6.45) is 1.46. The van der Waals surface area contributed by atoms with Crippen LogP contribution in [-0.4, -0.2) is 11.9 Å². The molecule has 0 heterocycles. The number of nitrogens with one attached hydrogen (secondary N) is 1. The molecule has 1 aliphatic rings. The van der Waals surface area contributed by atoms with E-state index in [1.165, 1.54) is 24.6 Å². The third-order valence-electron chi connectivity index (χ3n) is 5.31. The Morgan fingerprint density at radius 2 is 1.59 bits per heavy atom. The lowest BCUT2D eigenvalue weighted by molar-refractivity contribution is -0.137. The number of benzene rings is 2. The zero-order chi connectivity index (χ0) is 19.3. The van der Waals surface area contributed by atoms with Crippen LogP contribution in [0.3, 0.4) is 0 Å². The molecule has 1 fully saturated rings. The minimum Gasteiger partial charge on any atom is -0.349 e. The molecule has 1 aliphatic carbocycles. The van der Waals surface area contributed by atoms with Gasteiger partial charge in [-0.25, -0.2) is 0 Å². The molecule has 2 nitrogen and oxygen atoms in total. The summed E-state index contributed by atoms with van der Waals surface area (Å²) in [5.41, 5.74) is -0.110. The van der Waals surface area contributed by atoms with Crippen LogP contribution in [-0.2, 0) is 12.6 Å². The van der Waals surface area contributed by atoms with Gasteiger partial charge < -0.3 is 5.32 Å². The molecule has 0 aromatic heterocycles. The quantitative estimate of drug-likeness (QED) is 0.721. The van der Waals surface area contributed by atoms with Gasteiger partial charge in [0.1, 0.15) is 0 Å². The Hall–Kier alpha value is -2.30. The Morgan fingerprint density at radius 1 is 0.963 bits per heavy atom. The molecule has 3 rings (SSSR count). The molecule has 0 spiro atoms. The van der Waals surface area contributed by atoms with E-state index in [1.807, 2.05) is 30.3 Å². The van der Waals surface area contributed by atoms with Gasteiger partial charge in [0, 0.05) is 6.04 Å². The molecule has 1 amide bonds. The van der Waals surface area contributed by atoms with Crippen LogP contribution in [0.25, 0.3) is 0 Å². The van der Waals surface area contributed by atoms with Gasteiger partial charge >= 0.3 is 6.18 Å². The number of alkyl halides is 3. The number of rotatable bonds is 5. The van der Waals surface area contributed by atoms with Gasteiger partial charge in [-0.05, 0) is 42.9 Å². The highest BCUT2D eigenvalue weighted by molar-refractivity contribution is 5.96. The Morgan fingerprint density at radius 3 is 2.26 bits per heavy atom. The van der Waals surface area contributed by atoms with Crippen molar-refractivity contribution in [1.82, 2.24) is 5.32 Å². The lowest BCUT2D eigenvalue weighted by Crippen LogP contribution is -2.43. The first-order valence-electron chi connectivity index (χ1n) is 9.46. The molecule has 0 aliphatic heterocycles. The highest BCUT2D eigenvalue weighted by Gasteiger charge is 2.35. The van der Waals surface area contributed by atoms with Crippen molar-refractivity contribution in [2.45, 2.75) is 50.7 Å². The number of hydrogen-bond acceptors (Lipinski definition) is 1. The molecule has 0 saturated heterocycles. The highest BCUT2D eigenvalue weighted by Crippen LogP contribution is 2.32. The summed E-state index contributed by atoms with van der Waals surface area (Å²) >= 11 is 0. The standard InChI is InChI=1S/C22H24F3NO/c23-22(24,25)19-14-8-7-13-18(19)21(27)26-20(17-11-5-2-6-12-17)15-16-9-3-1-4-10-16/h1,3-4,7-10,13-14,17,20H,2,5-6,11-12,15H2,(H,26,27). The molecule has 1 N–H and O–H groups in total. The average Bonchev–Trinajstić information content (AvgIpc) is 2.68. The van der Waals surface area contributed by atoms with Gasteiger partial charge in [-0.1, -0.05) is 61.7 Å². The fraction of sp³-hybridized carbons (Fsp3) is 0.409. The zero-order valence-corrected chi connectivity index (χ0v) is 15.1. The van der Waals surface area contributed by atoms with Gasteiger partial charge in [-0.15, -0.1) is 0 Å². The number of hydrogen-bond donors (Lipinski definition) is 1. The second-order valence-corrected chi connectivity index (χ2v) is 7.21. The van der Waals surface area contributed by atoms with Crippen molar-refractivity contribution in [2.24, 2.45) is 5.92 Å². The van der Waals surface area contributed by atoms with E-state index < -0.39 is 17.6 Å². The van der Waals surface area contributed by atoms with E-state index in [1.54, 1.807) is 0 Å². The van der Waals surface area contributed by atoms with Gasteiger partial charge in [-0.3, -0.25) is 4.79 Å².